The number of nitrogens with one attached hydrogen (secondary N) is 1. The van der Waals surface area contributed by atoms with Crippen LogP contribution in [0.1, 0.15) is 68.0 Å². The molecule has 14 heteroatoms. The average Bonchev–Trinajstić information content (AvgIpc) is 3.56. The lowest BCUT2D eigenvalue weighted by Crippen LogP contribution is -2.50. The topological polar surface area (TPSA) is 119 Å². The van der Waals surface area contributed by atoms with Crippen molar-refractivity contribution in [3.8, 4) is 0 Å². The summed E-state index contributed by atoms with van der Waals surface area (Å²) in [6.07, 6.45) is 4.08. The molecule has 0 saturated carbocycles. The number of aromatic nitrogens is 4. The highest BCUT2D eigenvalue weighted by atomic mass is 32.2. The molecule has 41 heavy (non-hydrogen) atoms. The minimum Gasteiger partial charge on any atom is -0.459 e. The van der Waals surface area contributed by atoms with E-state index in [1.165, 1.54) is 35.2 Å². The molecule has 230 valence electrons. The zero-order chi connectivity index (χ0) is 30.3. The standard InChI is InChI=1S/C27H44N4O7S2Si/c1-9-20(8)14-34-23-21(15-35-41(18(4)5,19(6)7)38-40-17(2)3)36-25(31-12-10-22(32)29-26(31)33)24(23)37-27(39)30-13-11-28-16-30/h10-13,16-21,23-25H,9,14-15H2,1-8H3,(H,29,32,33). The van der Waals surface area contributed by atoms with Crippen molar-refractivity contribution in [2.45, 2.75) is 103 Å². The van der Waals surface area contributed by atoms with Crippen molar-refractivity contribution in [3.05, 3.63) is 51.8 Å². The van der Waals surface area contributed by atoms with E-state index in [2.05, 4.69) is 65.4 Å². The molecule has 1 saturated heterocycles. The second-order valence-corrected chi connectivity index (χ2v) is 17.5. The Kier molecular flexibility index (Phi) is 12.4. The number of nitrogens with zero attached hydrogens (tertiary/aromatic N) is 3. The quantitative estimate of drug-likeness (QED) is 0.180. The molecule has 11 nitrogen and oxygen atoms in total. The molecule has 0 spiro atoms. The Morgan fingerprint density at radius 2 is 1.85 bits per heavy atom. The first-order valence-electron chi connectivity index (χ1n) is 14.1. The Morgan fingerprint density at radius 1 is 1.15 bits per heavy atom. The smallest absolute Gasteiger partial charge is 0.356 e. The maximum absolute atomic E-state index is 12.9. The van der Waals surface area contributed by atoms with Gasteiger partial charge in [0.25, 0.3) is 10.7 Å². The van der Waals surface area contributed by atoms with Gasteiger partial charge in [-0.25, -0.2) is 9.78 Å². The molecule has 0 aromatic carbocycles. The maximum Gasteiger partial charge on any atom is 0.356 e. The van der Waals surface area contributed by atoms with Crippen LogP contribution >= 0.6 is 24.3 Å². The number of hydrogen-bond acceptors (Lipinski definition) is 10. The summed E-state index contributed by atoms with van der Waals surface area (Å²) in [5.41, 5.74) is -0.817. The molecule has 1 aliphatic heterocycles. The largest absolute Gasteiger partial charge is 0.459 e. The maximum atomic E-state index is 12.9. The number of rotatable bonds is 14. The lowest BCUT2D eigenvalue weighted by molar-refractivity contribution is -0.0669. The molecule has 0 radical (unpaired) electrons. The average molecular weight is 629 g/mol. The summed E-state index contributed by atoms with van der Waals surface area (Å²) in [6, 6.07) is 1.27. The van der Waals surface area contributed by atoms with Gasteiger partial charge in [-0.05, 0) is 41.3 Å². The van der Waals surface area contributed by atoms with Gasteiger partial charge in [0.2, 0.25) is 0 Å². The summed E-state index contributed by atoms with van der Waals surface area (Å²) < 4.78 is 35.4. The predicted octanol–water partition coefficient (Wildman–Crippen LogP) is 4.63. The number of hydrogen-bond donors (Lipinski definition) is 1. The van der Waals surface area contributed by atoms with Gasteiger partial charge >= 0.3 is 14.3 Å². The van der Waals surface area contributed by atoms with Gasteiger partial charge < -0.3 is 22.5 Å². The third-order valence-corrected chi connectivity index (χ3v) is 13.0. The van der Waals surface area contributed by atoms with Gasteiger partial charge in [0, 0.05) is 36.5 Å². The Labute approximate surface area is 252 Å². The Balaban J connectivity index is 2.00. The predicted molar refractivity (Wildman–Crippen MR) is 165 cm³/mol. The molecule has 3 rings (SSSR count). The Bertz CT molecular complexity index is 1210. The first-order chi connectivity index (χ1) is 19.4. The van der Waals surface area contributed by atoms with Crippen molar-refractivity contribution in [1.82, 2.24) is 19.1 Å². The second-order valence-electron chi connectivity index (χ2n) is 11.3. The van der Waals surface area contributed by atoms with E-state index in [4.69, 9.17) is 34.7 Å². The van der Waals surface area contributed by atoms with Gasteiger partial charge in [-0.1, -0.05) is 61.8 Å². The van der Waals surface area contributed by atoms with E-state index < -0.39 is 44.3 Å². The van der Waals surface area contributed by atoms with Crippen molar-refractivity contribution >= 4 is 38.0 Å². The number of thiocarbonyl (C=S) groups is 1. The van der Waals surface area contributed by atoms with Gasteiger partial charge in [-0.3, -0.25) is 18.9 Å². The SMILES string of the molecule is CCC(C)COC1C(CO[Si](OSC(C)C)(C(C)C)C(C)C)OC(n2ccc(=O)[nH]c2=O)C1OC(=S)n1ccnc1. The van der Waals surface area contributed by atoms with Crippen LogP contribution in [0.4, 0.5) is 0 Å². The second kappa shape index (κ2) is 15.1. The van der Waals surface area contributed by atoms with E-state index in [0.29, 0.717) is 6.61 Å². The Hall–Kier alpha value is -1.81. The molecule has 2 aromatic heterocycles. The van der Waals surface area contributed by atoms with E-state index in [1.54, 1.807) is 17.0 Å². The van der Waals surface area contributed by atoms with Gasteiger partial charge in [0.15, 0.2) is 12.3 Å². The summed E-state index contributed by atoms with van der Waals surface area (Å²) >= 11 is 7.00. The van der Waals surface area contributed by atoms with E-state index in [1.807, 2.05) is 0 Å². The number of H-pyrrole nitrogens is 1. The molecule has 1 aliphatic rings. The van der Waals surface area contributed by atoms with Crippen molar-refractivity contribution in [3.63, 3.8) is 0 Å². The molecule has 0 bridgehead atoms. The molecule has 1 fully saturated rings. The summed E-state index contributed by atoms with van der Waals surface area (Å²) in [4.78, 5) is 31.1. The lowest BCUT2D eigenvalue weighted by atomic mass is 10.1. The van der Waals surface area contributed by atoms with Crippen molar-refractivity contribution < 1.29 is 22.5 Å². The van der Waals surface area contributed by atoms with Crippen LogP contribution in [0.25, 0.3) is 0 Å². The third kappa shape index (κ3) is 8.39. The lowest BCUT2D eigenvalue weighted by Gasteiger charge is -2.38. The molecule has 3 heterocycles. The van der Waals surface area contributed by atoms with Crippen molar-refractivity contribution in [1.29, 1.82) is 0 Å². The van der Waals surface area contributed by atoms with Crippen molar-refractivity contribution in [2.24, 2.45) is 5.92 Å². The molecule has 2 aromatic rings. The number of ether oxygens (including phenoxy) is 3. The highest BCUT2D eigenvalue weighted by molar-refractivity contribution is 7.96. The normalized spacial score (nSPS) is 22.1. The van der Waals surface area contributed by atoms with Gasteiger partial charge in [-0.15, -0.1) is 0 Å². The van der Waals surface area contributed by atoms with Crippen LogP contribution in [0.5, 0.6) is 0 Å². The van der Waals surface area contributed by atoms with Crippen LogP contribution in [0.3, 0.4) is 0 Å². The highest BCUT2D eigenvalue weighted by Crippen LogP contribution is 2.40. The molecule has 5 atom stereocenters. The first kappa shape index (κ1) is 33.7. The zero-order valence-corrected chi connectivity index (χ0v) is 27.8. The minimum absolute atomic E-state index is 0.127. The first-order valence-corrected chi connectivity index (χ1v) is 17.3. The van der Waals surface area contributed by atoms with Crippen LogP contribution in [-0.4, -0.2) is 69.6 Å². The molecular weight excluding hydrogens is 585 g/mol. The van der Waals surface area contributed by atoms with Crippen molar-refractivity contribution in [2.75, 3.05) is 13.2 Å². The van der Waals surface area contributed by atoms with Gasteiger partial charge in [0.1, 0.15) is 18.5 Å². The van der Waals surface area contributed by atoms with Crippen LogP contribution in [-0.2, 0) is 22.5 Å². The minimum atomic E-state index is -2.75. The van der Waals surface area contributed by atoms with E-state index in [0.717, 1.165) is 6.42 Å². The number of aromatic amines is 1. The van der Waals surface area contributed by atoms with Crippen LogP contribution in [0, 0.1) is 5.92 Å². The molecule has 0 amide bonds. The van der Waals surface area contributed by atoms with Gasteiger partial charge in [-0.2, -0.15) is 0 Å². The highest BCUT2D eigenvalue weighted by Gasteiger charge is 2.52. The molecule has 1 N–H and O–H groups in total. The summed E-state index contributed by atoms with van der Waals surface area (Å²) in [6.45, 7) is 17.5. The summed E-state index contributed by atoms with van der Waals surface area (Å²) in [5.74, 6) is 0.276. The van der Waals surface area contributed by atoms with E-state index in [-0.39, 0.29) is 34.0 Å². The summed E-state index contributed by atoms with van der Waals surface area (Å²) in [5, 5.41) is 0.401. The fraction of sp³-hybridized carbons (Fsp3) is 0.704. The number of imidazole rings is 1. The van der Waals surface area contributed by atoms with Crippen LogP contribution < -0.4 is 11.2 Å². The van der Waals surface area contributed by atoms with Gasteiger partial charge in [0.05, 0.1) is 6.61 Å². The summed E-state index contributed by atoms with van der Waals surface area (Å²) in [7, 11) is -2.75. The van der Waals surface area contributed by atoms with Crippen LogP contribution in [0.2, 0.25) is 11.1 Å². The monoisotopic (exact) mass is 628 g/mol. The molecular formula is C27H44N4O7S2Si. The fourth-order valence-electron chi connectivity index (χ4n) is 4.56. The molecule has 5 unspecified atom stereocenters. The third-order valence-electron chi connectivity index (χ3n) is 7.09. The van der Waals surface area contributed by atoms with Crippen LogP contribution in [0.15, 0.2) is 40.6 Å². The van der Waals surface area contributed by atoms with E-state index >= 15 is 0 Å². The Morgan fingerprint density at radius 3 is 2.41 bits per heavy atom. The molecule has 0 aliphatic carbocycles. The fourth-order valence-corrected chi connectivity index (χ4v) is 10.3. The van der Waals surface area contributed by atoms with E-state index in [9.17, 15) is 9.59 Å². The zero-order valence-electron chi connectivity index (χ0n) is 25.1.